The number of amides is 1. The highest BCUT2D eigenvalue weighted by Crippen LogP contribution is 2.43. The van der Waals surface area contributed by atoms with Gasteiger partial charge in [-0.15, -0.1) is 0 Å². The second-order valence-corrected chi connectivity index (χ2v) is 5.52. The Kier molecular flexibility index (Phi) is 3.53. The monoisotopic (exact) mass is 297 g/mol. The van der Waals surface area contributed by atoms with E-state index in [1.807, 2.05) is 38.1 Å². The molecule has 0 atom stereocenters. The van der Waals surface area contributed by atoms with Gasteiger partial charge in [0.05, 0.1) is 12.8 Å². The molecule has 0 unspecified atom stereocenters. The number of rotatable bonds is 2. The Labute approximate surface area is 130 Å². The lowest BCUT2D eigenvalue weighted by Gasteiger charge is -2.26. The fourth-order valence-corrected chi connectivity index (χ4v) is 2.96. The van der Waals surface area contributed by atoms with Crippen molar-refractivity contribution < 1.29 is 14.3 Å². The second kappa shape index (κ2) is 5.37. The third-order valence-corrected chi connectivity index (χ3v) is 4.25. The van der Waals surface area contributed by atoms with E-state index in [9.17, 15) is 4.79 Å². The van der Waals surface area contributed by atoms with Gasteiger partial charge in [-0.2, -0.15) is 0 Å². The molecule has 0 bridgehead atoms. The predicted molar refractivity (Wildman–Crippen MR) is 86.8 cm³/mol. The summed E-state index contributed by atoms with van der Waals surface area (Å²) in [6.45, 7) is 6.20. The molecule has 3 rings (SSSR count). The molecule has 0 aromatic heterocycles. The van der Waals surface area contributed by atoms with Crippen LogP contribution < -0.4 is 14.8 Å². The third-order valence-electron chi connectivity index (χ3n) is 4.25. The minimum atomic E-state index is -0.112. The number of nitrogens with one attached hydrogen (secondary N) is 1. The molecule has 0 spiro atoms. The summed E-state index contributed by atoms with van der Waals surface area (Å²) in [5.41, 5.74) is 6.26. The first-order chi connectivity index (χ1) is 10.5. The lowest BCUT2D eigenvalue weighted by Crippen LogP contribution is -2.27. The van der Waals surface area contributed by atoms with Gasteiger partial charge in [-0.05, 0) is 60.7 Å². The van der Waals surface area contributed by atoms with Crippen molar-refractivity contribution >= 4 is 11.6 Å². The molecule has 2 aromatic carbocycles. The molecule has 22 heavy (non-hydrogen) atoms. The van der Waals surface area contributed by atoms with E-state index in [1.54, 1.807) is 7.11 Å². The van der Waals surface area contributed by atoms with Gasteiger partial charge >= 0.3 is 0 Å². The van der Waals surface area contributed by atoms with Crippen molar-refractivity contribution in [2.24, 2.45) is 0 Å². The third kappa shape index (κ3) is 2.21. The number of methoxy groups -OCH3 is 1. The highest BCUT2D eigenvalue weighted by molar-refractivity contribution is 5.99. The van der Waals surface area contributed by atoms with E-state index in [-0.39, 0.29) is 12.5 Å². The van der Waals surface area contributed by atoms with Crippen LogP contribution in [0.2, 0.25) is 0 Å². The summed E-state index contributed by atoms with van der Waals surface area (Å²) >= 11 is 0. The van der Waals surface area contributed by atoms with Crippen molar-refractivity contribution in [1.29, 1.82) is 0 Å². The molecule has 1 heterocycles. The molecular weight excluding hydrogens is 278 g/mol. The van der Waals surface area contributed by atoms with Crippen molar-refractivity contribution in [3.8, 4) is 22.6 Å². The minimum absolute atomic E-state index is 0.0780. The molecule has 0 saturated carbocycles. The number of fused-ring (bicyclic) bond motifs is 1. The summed E-state index contributed by atoms with van der Waals surface area (Å²) in [5.74, 6) is 1.50. The van der Waals surface area contributed by atoms with Crippen molar-refractivity contribution in [3.05, 3.63) is 41.0 Å². The molecule has 0 saturated heterocycles. The lowest BCUT2D eigenvalue weighted by molar-refractivity contribution is -0.118. The fourth-order valence-electron chi connectivity index (χ4n) is 2.96. The highest BCUT2D eigenvalue weighted by atomic mass is 16.5. The van der Waals surface area contributed by atoms with E-state index in [4.69, 9.17) is 9.47 Å². The number of carbonyl (C=O) groups is 1. The van der Waals surface area contributed by atoms with Crippen molar-refractivity contribution in [3.63, 3.8) is 0 Å². The first-order valence-corrected chi connectivity index (χ1v) is 7.23. The van der Waals surface area contributed by atoms with Crippen LogP contribution in [0, 0.1) is 20.8 Å². The van der Waals surface area contributed by atoms with Crippen LogP contribution in [0.5, 0.6) is 11.5 Å². The maximum Gasteiger partial charge on any atom is 0.262 e. The van der Waals surface area contributed by atoms with Crippen LogP contribution in [0.1, 0.15) is 16.7 Å². The van der Waals surface area contributed by atoms with E-state index in [0.29, 0.717) is 0 Å². The number of benzene rings is 2. The first kappa shape index (κ1) is 14.4. The van der Waals surface area contributed by atoms with E-state index in [0.717, 1.165) is 45.0 Å². The van der Waals surface area contributed by atoms with E-state index in [1.165, 1.54) is 0 Å². The molecule has 0 aliphatic carbocycles. The summed E-state index contributed by atoms with van der Waals surface area (Å²) < 4.78 is 10.8. The summed E-state index contributed by atoms with van der Waals surface area (Å²) in [6, 6.07) is 7.95. The van der Waals surface area contributed by atoms with Crippen LogP contribution in [-0.4, -0.2) is 19.6 Å². The molecule has 1 N–H and O–H groups in total. The number of carbonyl (C=O) groups excluding carboxylic acids is 1. The van der Waals surface area contributed by atoms with Gasteiger partial charge in [0.25, 0.3) is 5.91 Å². The van der Waals surface area contributed by atoms with Gasteiger partial charge in [-0.1, -0.05) is 12.1 Å². The molecule has 2 aromatic rings. The van der Waals surface area contributed by atoms with Crippen LogP contribution in [0.25, 0.3) is 11.1 Å². The fraction of sp³-hybridized carbons (Fsp3) is 0.278. The van der Waals surface area contributed by atoms with Crippen LogP contribution >= 0.6 is 0 Å². The predicted octanol–water partition coefficient (Wildman–Crippen LogP) is 3.62. The summed E-state index contributed by atoms with van der Waals surface area (Å²) in [4.78, 5) is 11.7. The van der Waals surface area contributed by atoms with E-state index >= 15 is 0 Å². The van der Waals surface area contributed by atoms with Gasteiger partial charge in [-0.25, -0.2) is 0 Å². The van der Waals surface area contributed by atoms with Crippen molar-refractivity contribution in [2.45, 2.75) is 20.8 Å². The highest BCUT2D eigenvalue weighted by Gasteiger charge is 2.24. The van der Waals surface area contributed by atoms with Crippen LogP contribution in [0.3, 0.4) is 0 Å². The zero-order chi connectivity index (χ0) is 15.9. The number of hydrogen-bond acceptors (Lipinski definition) is 3. The zero-order valence-electron chi connectivity index (χ0n) is 13.2. The standard InChI is InChI=1S/C18H19NO3/c1-10-11(2)18-17(19-15(20)9-22-18)12(3)16(10)13-5-7-14(21-4)8-6-13/h5-8H,9H2,1-4H3,(H,19,20). The van der Waals surface area contributed by atoms with Gasteiger partial charge in [0.15, 0.2) is 6.61 Å². The SMILES string of the molecule is COc1ccc(-c2c(C)c(C)c3c(c2C)NC(=O)CO3)cc1. The Hall–Kier alpha value is -2.49. The molecule has 1 aliphatic heterocycles. The van der Waals surface area contributed by atoms with E-state index < -0.39 is 0 Å². The summed E-state index contributed by atoms with van der Waals surface area (Å²) in [5, 5.41) is 2.94. The topological polar surface area (TPSA) is 47.6 Å². The first-order valence-electron chi connectivity index (χ1n) is 7.23. The normalized spacial score (nSPS) is 13.2. The van der Waals surface area contributed by atoms with E-state index in [2.05, 4.69) is 12.2 Å². The quantitative estimate of drug-likeness (QED) is 0.921. The average Bonchev–Trinajstić information content (AvgIpc) is 2.53. The number of hydrogen-bond donors (Lipinski definition) is 1. The Bertz CT molecular complexity index is 748. The molecule has 4 heteroatoms. The van der Waals surface area contributed by atoms with Crippen molar-refractivity contribution in [2.75, 3.05) is 19.0 Å². The molecule has 4 nitrogen and oxygen atoms in total. The van der Waals surface area contributed by atoms with Crippen LogP contribution in [0.4, 0.5) is 5.69 Å². The van der Waals surface area contributed by atoms with Gasteiger partial charge in [0.1, 0.15) is 11.5 Å². The van der Waals surface area contributed by atoms with Gasteiger partial charge in [0.2, 0.25) is 0 Å². The Morgan fingerprint density at radius 2 is 1.73 bits per heavy atom. The van der Waals surface area contributed by atoms with Crippen LogP contribution in [-0.2, 0) is 4.79 Å². The lowest BCUT2D eigenvalue weighted by atomic mass is 9.90. The number of ether oxygens (including phenoxy) is 2. The molecule has 0 radical (unpaired) electrons. The van der Waals surface area contributed by atoms with Crippen molar-refractivity contribution in [1.82, 2.24) is 0 Å². The zero-order valence-corrected chi connectivity index (χ0v) is 13.2. The molecule has 0 fully saturated rings. The Morgan fingerprint density at radius 3 is 2.36 bits per heavy atom. The van der Waals surface area contributed by atoms with Gasteiger partial charge < -0.3 is 14.8 Å². The number of anilines is 1. The maximum atomic E-state index is 11.7. The molecule has 1 amide bonds. The van der Waals surface area contributed by atoms with Gasteiger partial charge in [-0.3, -0.25) is 4.79 Å². The summed E-state index contributed by atoms with van der Waals surface area (Å²) in [6.07, 6.45) is 0. The maximum absolute atomic E-state index is 11.7. The largest absolute Gasteiger partial charge is 0.497 e. The second-order valence-electron chi connectivity index (χ2n) is 5.52. The average molecular weight is 297 g/mol. The Morgan fingerprint density at radius 1 is 1.05 bits per heavy atom. The molecule has 1 aliphatic rings. The smallest absolute Gasteiger partial charge is 0.262 e. The molecule has 114 valence electrons. The van der Waals surface area contributed by atoms with Gasteiger partial charge in [0, 0.05) is 0 Å². The van der Waals surface area contributed by atoms with Crippen LogP contribution in [0.15, 0.2) is 24.3 Å². The molecular formula is C18H19NO3. The summed E-state index contributed by atoms with van der Waals surface area (Å²) in [7, 11) is 1.65. The Balaban J connectivity index is 2.21. The minimum Gasteiger partial charge on any atom is -0.497 e.